The van der Waals surface area contributed by atoms with Gasteiger partial charge < -0.3 is 10.2 Å². The number of halogens is 1. The molecule has 2 aliphatic rings. The normalized spacial score (nSPS) is 21.5. The number of amides is 3. The van der Waals surface area contributed by atoms with Gasteiger partial charge in [0.1, 0.15) is 0 Å². The van der Waals surface area contributed by atoms with Crippen molar-refractivity contribution in [3.8, 4) is 0 Å². The molecular weight excluding hydrogens is 458 g/mol. The van der Waals surface area contributed by atoms with Crippen LogP contribution in [0.15, 0.2) is 36.4 Å². The summed E-state index contributed by atoms with van der Waals surface area (Å²) in [4.78, 5) is 29.5. The van der Waals surface area contributed by atoms with Crippen LogP contribution in [0.5, 0.6) is 0 Å². The monoisotopic (exact) mass is 481 g/mol. The van der Waals surface area contributed by atoms with Crippen LogP contribution in [0, 0.1) is 0 Å². The average molecular weight is 482 g/mol. The molecule has 2 saturated heterocycles. The van der Waals surface area contributed by atoms with Gasteiger partial charge >= 0.3 is 6.03 Å². The molecule has 2 aromatic rings. The van der Waals surface area contributed by atoms with Crippen molar-refractivity contribution in [3.63, 3.8) is 0 Å². The molecule has 7 nitrogen and oxygen atoms in total. The number of nitrogens with one attached hydrogen (secondary N) is 1. The lowest BCUT2D eigenvalue weighted by molar-refractivity contribution is 0.0935. The van der Waals surface area contributed by atoms with Crippen molar-refractivity contribution >= 4 is 50.4 Å². The Balaban J connectivity index is 1.49. The van der Waals surface area contributed by atoms with Crippen LogP contribution in [-0.2, 0) is 14.6 Å². The molecule has 1 aromatic carbocycles. The average Bonchev–Trinajstić information content (AvgIpc) is 3.39. The van der Waals surface area contributed by atoms with Crippen molar-refractivity contribution in [2.24, 2.45) is 0 Å². The highest BCUT2D eigenvalue weighted by Crippen LogP contribution is 2.34. The summed E-state index contributed by atoms with van der Waals surface area (Å²) in [5.41, 5.74) is 1.38. The van der Waals surface area contributed by atoms with Gasteiger partial charge in [0.15, 0.2) is 9.84 Å². The van der Waals surface area contributed by atoms with Gasteiger partial charge in [0.05, 0.1) is 32.6 Å². The van der Waals surface area contributed by atoms with Crippen LogP contribution in [0.2, 0.25) is 4.34 Å². The summed E-state index contributed by atoms with van der Waals surface area (Å²) in [6.45, 7) is 4.38. The summed E-state index contributed by atoms with van der Waals surface area (Å²) in [5, 5.41) is 3.04. The molecule has 4 rings (SSSR count). The molecule has 3 heterocycles. The van der Waals surface area contributed by atoms with Crippen LogP contribution in [0.3, 0.4) is 0 Å². The number of carbonyl (C=O) groups excluding carboxylic acids is 2. The fourth-order valence-electron chi connectivity index (χ4n) is 4.05. The number of urea groups is 1. The van der Waals surface area contributed by atoms with Crippen molar-refractivity contribution < 1.29 is 18.0 Å². The first-order chi connectivity index (χ1) is 14.5. The third-order valence-corrected chi connectivity index (χ3v) is 9.63. The Labute approximate surface area is 190 Å². The fraction of sp³-hybridized carbons (Fsp3) is 0.429. The zero-order chi connectivity index (χ0) is 22.6. The molecule has 2 fully saturated rings. The molecular formula is C21H24ClN3O4S2. The van der Waals surface area contributed by atoms with Crippen molar-refractivity contribution in [2.75, 3.05) is 24.2 Å². The first-order valence-electron chi connectivity index (χ1n) is 9.93. The molecule has 3 amide bonds. The van der Waals surface area contributed by atoms with Gasteiger partial charge in [-0.3, -0.25) is 9.69 Å². The summed E-state index contributed by atoms with van der Waals surface area (Å²) in [6.07, 6.45) is 1.93. The molecule has 0 saturated carbocycles. The number of hydrogen-bond acceptors (Lipinski definition) is 5. The van der Waals surface area contributed by atoms with Crippen molar-refractivity contribution in [2.45, 2.75) is 37.1 Å². The molecule has 0 spiro atoms. The maximum Gasteiger partial charge on any atom is 0.324 e. The lowest BCUT2D eigenvalue weighted by Crippen LogP contribution is -2.44. The lowest BCUT2D eigenvalue weighted by Gasteiger charge is -2.24. The van der Waals surface area contributed by atoms with Gasteiger partial charge in [-0.15, -0.1) is 11.3 Å². The minimum absolute atomic E-state index is 0.101. The Morgan fingerprint density at radius 3 is 2.45 bits per heavy atom. The minimum Gasteiger partial charge on any atom is -0.346 e. The molecule has 0 unspecified atom stereocenters. The summed E-state index contributed by atoms with van der Waals surface area (Å²) in [5.74, 6) is -0.179. The van der Waals surface area contributed by atoms with Crippen molar-refractivity contribution in [1.29, 1.82) is 0 Å². The number of carbonyl (C=O) groups is 2. The zero-order valence-corrected chi connectivity index (χ0v) is 19.9. The quantitative estimate of drug-likeness (QED) is 0.708. The van der Waals surface area contributed by atoms with Crippen LogP contribution in [-0.4, -0.2) is 56.7 Å². The van der Waals surface area contributed by atoms with E-state index in [1.165, 1.54) is 17.6 Å². The van der Waals surface area contributed by atoms with Gasteiger partial charge in [-0.1, -0.05) is 23.7 Å². The summed E-state index contributed by atoms with van der Waals surface area (Å²) >= 11 is 7.15. The molecule has 0 aliphatic carbocycles. The van der Waals surface area contributed by atoms with E-state index in [4.69, 9.17) is 11.6 Å². The molecule has 2 atom stereocenters. The molecule has 1 N–H and O–H groups in total. The first kappa shape index (κ1) is 22.1. The minimum atomic E-state index is -3.29. The van der Waals surface area contributed by atoms with Crippen molar-refractivity contribution in [1.82, 2.24) is 10.2 Å². The number of anilines is 1. The second-order valence-corrected chi connectivity index (χ2v) is 12.7. The van der Waals surface area contributed by atoms with Gasteiger partial charge in [-0.05, 0) is 50.1 Å². The molecule has 2 aliphatic heterocycles. The number of thiophene rings is 1. The van der Waals surface area contributed by atoms with E-state index in [0.29, 0.717) is 40.0 Å². The van der Waals surface area contributed by atoms with E-state index in [-0.39, 0.29) is 24.0 Å². The van der Waals surface area contributed by atoms with E-state index in [1.54, 1.807) is 60.0 Å². The predicted octanol–water partition coefficient (Wildman–Crippen LogP) is 3.49. The molecule has 10 heteroatoms. The maximum absolute atomic E-state index is 13.0. The Morgan fingerprint density at radius 2 is 1.87 bits per heavy atom. The second kappa shape index (κ2) is 7.79. The van der Waals surface area contributed by atoms with Crippen LogP contribution >= 0.6 is 22.9 Å². The standard InChI is InChI=1S/C21H24ClN3O4S2/c1-21(2,31(3,28)29)13-4-6-14(7-5-13)25-12-16-15(10-11-24(16)20(25)27)23-19(26)17-8-9-18(22)30-17/h4-9,15-16H,10-12H2,1-3H3,(H,23,26)/t15-,16-/m1/s1. The summed E-state index contributed by atoms with van der Waals surface area (Å²) < 4.78 is 23.7. The zero-order valence-electron chi connectivity index (χ0n) is 17.5. The van der Waals surface area contributed by atoms with E-state index in [0.717, 1.165) is 0 Å². The van der Waals surface area contributed by atoms with Gasteiger partial charge in [-0.25, -0.2) is 13.2 Å². The molecule has 1 aromatic heterocycles. The number of nitrogens with zero attached hydrogens (tertiary/aromatic N) is 2. The highest BCUT2D eigenvalue weighted by atomic mass is 35.5. The van der Waals surface area contributed by atoms with E-state index in [2.05, 4.69) is 5.32 Å². The van der Waals surface area contributed by atoms with Crippen LogP contribution in [0.4, 0.5) is 10.5 Å². The van der Waals surface area contributed by atoms with Gasteiger partial charge in [0, 0.05) is 18.5 Å². The molecule has 31 heavy (non-hydrogen) atoms. The first-order valence-corrected chi connectivity index (χ1v) is 13.0. The molecule has 166 valence electrons. The van der Waals surface area contributed by atoms with E-state index < -0.39 is 14.6 Å². The second-order valence-electron chi connectivity index (χ2n) is 8.46. The Kier molecular flexibility index (Phi) is 5.56. The van der Waals surface area contributed by atoms with Crippen LogP contribution in [0.1, 0.15) is 35.5 Å². The Bertz CT molecular complexity index is 1130. The molecule has 0 radical (unpaired) electrons. The number of benzene rings is 1. The van der Waals surface area contributed by atoms with E-state index in [9.17, 15) is 18.0 Å². The lowest BCUT2D eigenvalue weighted by atomic mass is 10.0. The smallest absolute Gasteiger partial charge is 0.324 e. The SMILES string of the molecule is CC(C)(c1ccc(N2C[C@@H]3[C@H](NC(=O)c4ccc(Cl)s4)CCN3C2=O)cc1)S(C)(=O)=O. The largest absolute Gasteiger partial charge is 0.346 e. The maximum atomic E-state index is 13.0. The third kappa shape index (κ3) is 3.94. The Hall–Kier alpha value is -2.10. The van der Waals surface area contributed by atoms with Gasteiger partial charge in [0.2, 0.25) is 0 Å². The summed E-state index contributed by atoms with van der Waals surface area (Å²) in [6, 6.07) is 10.1. The Morgan fingerprint density at radius 1 is 1.19 bits per heavy atom. The van der Waals surface area contributed by atoms with Gasteiger partial charge in [0.25, 0.3) is 5.91 Å². The van der Waals surface area contributed by atoms with E-state index in [1.807, 2.05) is 0 Å². The summed E-state index contributed by atoms with van der Waals surface area (Å²) in [7, 11) is -3.29. The van der Waals surface area contributed by atoms with Gasteiger partial charge in [-0.2, -0.15) is 0 Å². The number of fused-ring (bicyclic) bond motifs is 1. The third-order valence-electron chi connectivity index (χ3n) is 6.31. The van der Waals surface area contributed by atoms with Crippen LogP contribution < -0.4 is 10.2 Å². The molecule has 0 bridgehead atoms. The topological polar surface area (TPSA) is 86.8 Å². The van der Waals surface area contributed by atoms with Crippen molar-refractivity contribution in [3.05, 3.63) is 51.2 Å². The number of rotatable bonds is 5. The number of hydrogen-bond donors (Lipinski definition) is 1. The fourth-order valence-corrected chi connectivity index (χ4v) is 5.56. The highest BCUT2D eigenvalue weighted by molar-refractivity contribution is 7.91. The van der Waals surface area contributed by atoms with Crippen LogP contribution in [0.25, 0.3) is 0 Å². The van der Waals surface area contributed by atoms with E-state index >= 15 is 0 Å². The highest BCUT2D eigenvalue weighted by Gasteiger charge is 2.46. The predicted molar refractivity (Wildman–Crippen MR) is 123 cm³/mol. The number of sulfone groups is 1.